The summed E-state index contributed by atoms with van der Waals surface area (Å²) in [5.74, 6) is 0.809. The lowest BCUT2D eigenvalue weighted by Crippen LogP contribution is -2.34. The van der Waals surface area contributed by atoms with Gasteiger partial charge in [-0.2, -0.15) is 5.26 Å². The molecule has 130 valence electrons. The van der Waals surface area contributed by atoms with E-state index in [4.69, 9.17) is 15.7 Å². The van der Waals surface area contributed by atoms with Crippen molar-refractivity contribution in [3.8, 4) is 11.8 Å². The molecule has 1 aliphatic heterocycles. The number of hydrogen-bond acceptors (Lipinski definition) is 4. The molecular formula is C20H22FN3O. The Morgan fingerprint density at radius 3 is 2.60 bits per heavy atom. The van der Waals surface area contributed by atoms with E-state index in [1.807, 2.05) is 18.2 Å². The van der Waals surface area contributed by atoms with Crippen molar-refractivity contribution in [2.45, 2.75) is 19.3 Å². The fourth-order valence-corrected chi connectivity index (χ4v) is 3.42. The lowest BCUT2D eigenvalue weighted by Gasteiger charge is -2.34. The minimum atomic E-state index is -0.196. The van der Waals surface area contributed by atoms with Gasteiger partial charge in [0.05, 0.1) is 30.1 Å². The number of methoxy groups -OCH3 is 1. The molecule has 0 saturated carbocycles. The quantitative estimate of drug-likeness (QED) is 0.862. The number of nitrogens with zero attached hydrogens (tertiary/aromatic N) is 2. The first-order chi connectivity index (χ1) is 12.1. The maximum absolute atomic E-state index is 14.1. The van der Waals surface area contributed by atoms with Crippen molar-refractivity contribution in [1.82, 2.24) is 0 Å². The fraction of sp³-hybridized carbons (Fsp3) is 0.350. The van der Waals surface area contributed by atoms with E-state index in [0.29, 0.717) is 22.9 Å². The van der Waals surface area contributed by atoms with E-state index in [0.717, 1.165) is 43.6 Å². The Hall–Kier alpha value is -2.74. The molecular weight excluding hydrogens is 317 g/mol. The molecule has 1 aliphatic rings. The van der Waals surface area contributed by atoms with Crippen LogP contribution in [-0.4, -0.2) is 20.2 Å². The molecule has 1 saturated heterocycles. The Bertz CT molecular complexity index is 792. The molecule has 2 aromatic carbocycles. The van der Waals surface area contributed by atoms with Crippen molar-refractivity contribution in [3.63, 3.8) is 0 Å². The summed E-state index contributed by atoms with van der Waals surface area (Å²) in [6, 6.07) is 12.6. The highest BCUT2D eigenvalue weighted by Gasteiger charge is 2.22. The maximum atomic E-state index is 14.1. The predicted octanol–water partition coefficient (Wildman–Crippen LogP) is 3.75. The summed E-state index contributed by atoms with van der Waals surface area (Å²) in [6.07, 6.45) is 2.72. The number of ether oxygens (including phenoxy) is 1. The second kappa shape index (κ2) is 7.43. The Balaban J connectivity index is 1.61. The molecule has 0 aromatic heterocycles. The summed E-state index contributed by atoms with van der Waals surface area (Å²) in [4.78, 5) is 2.25. The molecule has 1 heterocycles. The summed E-state index contributed by atoms with van der Waals surface area (Å²) in [5, 5.41) is 8.94. The van der Waals surface area contributed by atoms with Gasteiger partial charge >= 0.3 is 0 Å². The topological polar surface area (TPSA) is 62.3 Å². The number of nitrogen functional groups attached to an aromatic ring is 1. The fourth-order valence-electron chi connectivity index (χ4n) is 3.42. The molecule has 0 atom stereocenters. The van der Waals surface area contributed by atoms with Crippen molar-refractivity contribution in [1.29, 1.82) is 5.26 Å². The zero-order valence-electron chi connectivity index (χ0n) is 14.3. The van der Waals surface area contributed by atoms with Crippen LogP contribution in [0.25, 0.3) is 0 Å². The predicted molar refractivity (Wildman–Crippen MR) is 97.2 cm³/mol. The normalized spacial score (nSPS) is 15.0. The highest BCUT2D eigenvalue weighted by Crippen LogP contribution is 2.30. The Kier molecular flexibility index (Phi) is 5.08. The van der Waals surface area contributed by atoms with Gasteiger partial charge in [-0.1, -0.05) is 6.07 Å². The third-order valence-corrected chi connectivity index (χ3v) is 4.88. The van der Waals surface area contributed by atoms with Gasteiger partial charge in [-0.15, -0.1) is 0 Å². The van der Waals surface area contributed by atoms with E-state index in [1.165, 1.54) is 6.07 Å². The second-order valence-corrected chi connectivity index (χ2v) is 6.48. The summed E-state index contributed by atoms with van der Waals surface area (Å²) in [5.41, 5.74) is 9.02. The molecule has 4 nitrogen and oxygen atoms in total. The molecule has 25 heavy (non-hydrogen) atoms. The lowest BCUT2D eigenvalue weighted by molar-refractivity contribution is 0.393. The SMILES string of the molecule is COc1ccc(CC2CCN(c3ccc(C#N)cc3N)CC2)c(F)c1. The average molecular weight is 339 g/mol. The smallest absolute Gasteiger partial charge is 0.130 e. The van der Waals surface area contributed by atoms with Gasteiger partial charge in [0, 0.05) is 19.2 Å². The summed E-state index contributed by atoms with van der Waals surface area (Å²) in [7, 11) is 1.54. The van der Waals surface area contributed by atoms with Crippen LogP contribution < -0.4 is 15.4 Å². The number of benzene rings is 2. The van der Waals surface area contributed by atoms with E-state index in [1.54, 1.807) is 19.2 Å². The largest absolute Gasteiger partial charge is 0.497 e. The zero-order chi connectivity index (χ0) is 17.8. The van der Waals surface area contributed by atoms with Crippen LogP contribution in [0.4, 0.5) is 15.8 Å². The molecule has 0 radical (unpaired) electrons. The van der Waals surface area contributed by atoms with Gasteiger partial charge < -0.3 is 15.4 Å². The van der Waals surface area contributed by atoms with E-state index in [2.05, 4.69) is 11.0 Å². The van der Waals surface area contributed by atoms with Gasteiger partial charge in [-0.3, -0.25) is 0 Å². The van der Waals surface area contributed by atoms with Gasteiger partial charge in [0.1, 0.15) is 11.6 Å². The van der Waals surface area contributed by atoms with Crippen LogP contribution >= 0.6 is 0 Å². The first-order valence-electron chi connectivity index (χ1n) is 8.47. The van der Waals surface area contributed by atoms with E-state index >= 15 is 0 Å². The molecule has 0 aliphatic carbocycles. The van der Waals surface area contributed by atoms with Crippen molar-refractivity contribution in [2.75, 3.05) is 30.8 Å². The number of piperidine rings is 1. The molecule has 2 aromatic rings. The molecule has 3 rings (SSSR count). The van der Waals surface area contributed by atoms with Crippen LogP contribution in [0.1, 0.15) is 24.0 Å². The highest BCUT2D eigenvalue weighted by molar-refractivity contribution is 5.69. The first kappa shape index (κ1) is 17.1. The summed E-state index contributed by atoms with van der Waals surface area (Å²) in [6.45, 7) is 1.77. The standard InChI is InChI=1S/C20H22FN3O/c1-25-17-4-3-16(18(21)12-17)10-14-6-8-24(9-7-14)20-5-2-15(13-22)11-19(20)23/h2-5,11-12,14H,6-10,23H2,1H3. The first-order valence-corrected chi connectivity index (χ1v) is 8.47. The molecule has 5 heteroatoms. The molecule has 0 amide bonds. The zero-order valence-corrected chi connectivity index (χ0v) is 14.3. The van der Waals surface area contributed by atoms with Crippen LogP contribution in [0.3, 0.4) is 0 Å². The number of hydrogen-bond donors (Lipinski definition) is 1. The third kappa shape index (κ3) is 3.85. The Labute approximate surface area is 147 Å². The number of anilines is 2. The maximum Gasteiger partial charge on any atom is 0.130 e. The minimum absolute atomic E-state index is 0.196. The van der Waals surface area contributed by atoms with Crippen LogP contribution in [0.5, 0.6) is 5.75 Å². The van der Waals surface area contributed by atoms with Gasteiger partial charge in [0.25, 0.3) is 0 Å². The third-order valence-electron chi connectivity index (χ3n) is 4.88. The summed E-state index contributed by atoms with van der Waals surface area (Å²) >= 11 is 0. The Morgan fingerprint density at radius 2 is 2.00 bits per heavy atom. The van der Waals surface area contributed by atoms with Crippen LogP contribution in [0.2, 0.25) is 0 Å². The molecule has 1 fully saturated rings. The molecule has 0 unspecified atom stereocenters. The Morgan fingerprint density at radius 1 is 1.24 bits per heavy atom. The van der Waals surface area contributed by atoms with Gasteiger partial charge in [-0.05, 0) is 55.0 Å². The monoisotopic (exact) mass is 339 g/mol. The van der Waals surface area contributed by atoms with Gasteiger partial charge in [0.2, 0.25) is 0 Å². The molecule has 0 spiro atoms. The van der Waals surface area contributed by atoms with Gasteiger partial charge in [-0.25, -0.2) is 4.39 Å². The van der Waals surface area contributed by atoms with Crippen LogP contribution in [0, 0.1) is 23.1 Å². The highest BCUT2D eigenvalue weighted by atomic mass is 19.1. The van der Waals surface area contributed by atoms with Crippen molar-refractivity contribution in [3.05, 3.63) is 53.3 Å². The summed E-state index contributed by atoms with van der Waals surface area (Å²) < 4.78 is 19.2. The van der Waals surface area contributed by atoms with Gasteiger partial charge in [0.15, 0.2) is 0 Å². The van der Waals surface area contributed by atoms with E-state index in [9.17, 15) is 4.39 Å². The van der Waals surface area contributed by atoms with Crippen LogP contribution in [0.15, 0.2) is 36.4 Å². The van der Waals surface area contributed by atoms with Crippen molar-refractivity contribution < 1.29 is 9.13 Å². The van der Waals surface area contributed by atoms with E-state index in [-0.39, 0.29) is 5.82 Å². The number of rotatable bonds is 4. The van der Waals surface area contributed by atoms with E-state index < -0.39 is 0 Å². The average Bonchev–Trinajstić information content (AvgIpc) is 2.64. The number of nitriles is 1. The van der Waals surface area contributed by atoms with Crippen molar-refractivity contribution in [2.24, 2.45) is 5.92 Å². The van der Waals surface area contributed by atoms with Crippen LogP contribution in [-0.2, 0) is 6.42 Å². The lowest BCUT2D eigenvalue weighted by atomic mass is 9.89. The molecule has 2 N–H and O–H groups in total. The second-order valence-electron chi connectivity index (χ2n) is 6.48. The van der Waals surface area contributed by atoms with Crippen molar-refractivity contribution >= 4 is 11.4 Å². The number of halogens is 1. The number of nitrogens with two attached hydrogens (primary N) is 1. The minimum Gasteiger partial charge on any atom is -0.497 e. The molecule has 0 bridgehead atoms.